The van der Waals surface area contributed by atoms with E-state index in [9.17, 15) is 4.79 Å². The zero-order chi connectivity index (χ0) is 18.3. The molecule has 1 fully saturated rings. The molecule has 0 saturated carbocycles. The van der Waals surface area contributed by atoms with Crippen LogP contribution in [0.15, 0.2) is 30.3 Å². The summed E-state index contributed by atoms with van der Waals surface area (Å²) in [5.41, 5.74) is 0.566. The van der Waals surface area contributed by atoms with E-state index in [2.05, 4.69) is 4.90 Å². The summed E-state index contributed by atoms with van der Waals surface area (Å²) >= 11 is 0. The van der Waals surface area contributed by atoms with Gasteiger partial charge in [0.15, 0.2) is 0 Å². The molecule has 1 heterocycles. The number of carbonyl (C=O) groups excluding carboxylic acids is 1. The fourth-order valence-corrected chi connectivity index (χ4v) is 2.41. The third kappa shape index (κ3) is 9.26. The summed E-state index contributed by atoms with van der Waals surface area (Å²) in [7, 11) is 0. The van der Waals surface area contributed by atoms with Crippen molar-refractivity contribution in [3.05, 3.63) is 35.9 Å². The van der Waals surface area contributed by atoms with Crippen molar-refractivity contribution in [2.24, 2.45) is 0 Å². The molecular weight excluding hydrogens is 338 g/mol. The Morgan fingerprint density at radius 3 is 1.85 bits per heavy atom. The molecule has 2 rings (SSSR count). The summed E-state index contributed by atoms with van der Waals surface area (Å²) in [4.78, 5) is 14.1. The molecule has 0 atom stereocenters. The number of hydrogen-bond acceptors (Lipinski definition) is 7. The number of ether oxygens (including phenoxy) is 5. The van der Waals surface area contributed by atoms with E-state index in [0.29, 0.717) is 71.6 Å². The van der Waals surface area contributed by atoms with Gasteiger partial charge in [0.25, 0.3) is 0 Å². The van der Waals surface area contributed by atoms with Crippen LogP contribution in [0.1, 0.15) is 10.4 Å². The van der Waals surface area contributed by atoms with E-state index in [1.807, 2.05) is 18.2 Å². The SMILES string of the molecule is O=C(OCCN1CCOCCOCCOCCOCC1)c1ccccc1. The molecule has 7 heteroatoms. The van der Waals surface area contributed by atoms with Gasteiger partial charge in [-0.2, -0.15) is 0 Å². The smallest absolute Gasteiger partial charge is 0.338 e. The van der Waals surface area contributed by atoms with E-state index in [1.165, 1.54) is 0 Å². The van der Waals surface area contributed by atoms with Gasteiger partial charge >= 0.3 is 5.97 Å². The highest BCUT2D eigenvalue weighted by atomic mass is 16.6. The number of hydrogen-bond donors (Lipinski definition) is 0. The lowest BCUT2D eigenvalue weighted by atomic mass is 10.2. The molecule has 0 aliphatic carbocycles. The topological polar surface area (TPSA) is 66.5 Å². The molecule has 0 N–H and O–H groups in total. The van der Waals surface area contributed by atoms with Gasteiger partial charge in [-0.3, -0.25) is 4.90 Å². The molecular formula is C19H29NO6. The van der Waals surface area contributed by atoms with Gasteiger partial charge < -0.3 is 23.7 Å². The molecule has 0 bridgehead atoms. The second-order valence-corrected chi connectivity index (χ2v) is 5.79. The van der Waals surface area contributed by atoms with Crippen molar-refractivity contribution >= 4 is 5.97 Å². The largest absolute Gasteiger partial charge is 0.461 e. The summed E-state index contributed by atoms with van der Waals surface area (Å²) < 4.78 is 27.3. The molecule has 0 aromatic heterocycles. The van der Waals surface area contributed by atoms with Crippen molar-refractivity contribution in [3.63, 3.8) is 0 Å². The summed E-state index contributed by atoms with van der Waals surface area (Å²) in [6.45, 7) is 7.08. The monoisotopic (exact) mass is 367 g/mol. The molecule has 1 saturated heterocycles. The summed E-state index contributed by atoms with van der Waals surface area (Å²) in [5, 5.41) is 0. The lowest BCUT2D eigenvalue weighted by Gasteiger charge is -2.22. The Morgan fingerprint density at radius 1 is 0.808 bits per heavy atom. The van der Waals surface area contributed by atoms with Crippen LogP contribution < -0.4 is 0 Å². The average Bonchev–Trinajstić information content (AvgIpc) is 2.68. The third-order valence-corrected chi connectivity index (χ3v) is 3.87. The maximum Gasteiger partial charge on any atom is 0.338 e. The predicted molar refractivity (Wildman–Crippen MR) is 96.4 cm³/mol. The Hall–Kier alpha value is -1.51. The van der Waals surface area contributed by atoms with Crippen LogP contribution in [0.5, 0.6) is 0 Å². The Morgan fingerprint density at radius 2 is 1.31 bits per heavy atom. The second-order valence-electron chi connectivity index (χ2n) is 5.79. The molecule has 1 aliphatic heterocycles. The molecule has 0 spiro atoms. The van der Waals surface area contributed by atoms with Crippen molar-refractivity contribution < 1.29 is 28.5 Å². The molecule has 26 heavy (non-hydrogen) atoms. The van der Waals surface area contributed by atoms with Crippen LogP contribution in [0.4, 0.5) is 0 Å². The molecule has 7 nitrogen and oxygen atoms in total. The first-order valence-electron chi connectivity index (χ1n) is 9.12. The lowest BCUT2D eigenvalue weighted by Crippen LogP contribution is -2.34. The van der Waals surface area contributed by atoms with Gasteiger partial charge in [-0.1, -0.05) is 18.2 Å². The van der Waals surface area contributed by atoms with Crippen molar-refractivity contribution in [2.75, 3.05) is 79.1 Å². The van der Waals surface area contributed by atoms with E-state index in [4.69, 9.17) is 23.7 Å². The zero-order valence-electron chi connectivity index (χ0n) is 15.3. The minimum absolute atomic E-state index is 0.300. The highest BCUT2D eigenvalue weighted by Gasteiger charge is 2.09. The molecule has 0 unspecified atom stereocenters. The predicted octanol–water partition coefficient (Wildman–Crippen LogP) is 1.23. The third-order valence-electron chi connectivity index (χ3n) is 3.87. The number of rotatable bonds is 4. The van der Waals surface area contributed by atoms with Gasteiger partial charge in [-0.15, -0.1) is 0 Å². The van der Waals surface area contributed by atoms with Crippen LogP contribution >= 0.6 is 0 Å². The van der Waals surface area contributed by atoms with Gasteiger partial charge in [0.1, 0.15) is 6.61 Å². The maximum atomic E-state index is 12.0. The van der Waals surface area contributed by atoms with E-state index in [0.717, 1.165) is 13.1 Å². The number of carbonyl (C=O) groups is 1. The Labute approximate surface area is 155 Å². The number of benzene rings is 1. The first kappa shape index (κ1) is 20.8. The molecule has 1 aliphatic rings. The fraction of sp³-hybridized carbons (Fsp3) is 0.632. The second kappa shape index (κ2) is 13.7. The number of esters is 1. The van der Waals surface area contributed by atoms with Crippen molar-refractivity contribution in [1.29, 1.82) is 0 Å². The Balaban J connectivity index is 1.70. The normalized spacial score (nSPS) is 19.2. The molecule has 0 radical (unpaired) electrons. The van der Waals surface area contributed by atoms with Crippen molar-refractivity contribution in [2.45, 2.75) is 0 Å². The summed E-state index contributed by atoms with van der Waals surface area (Å²) in [6, 6.07) is 9.01. The minimum atomic E-state index is -0.300. The van der Waals surface area contributed by atoms with Crippen LogP contribution in [0.3, 0.4) is 0 Å². The van der Waals surface area contributed by atoms with Crippen LogP contribution in [0, 0.1) is 0 Å². The number of nitrogens with zero attached hydrogens (tertiary/aromatic N) is 1. The van der Waals surface area contributed by atoms with Crippen LogP contribution in [-0.2, 0) is 23.7 Å². The standard InChI is InChI=1S/C19H29NO6/c21-19(18-4-2-1-3-5-18)26-11-8-20-6-9-22-12-14-24-16-17-25-15-13-23-10-7-20/h1-5H,6-17H2. The summed E-state index contributed by atoms with van der Waals surface area (Å²) in [5.74, 6) is -0.300. The van der Waals surface area contributed by atoms with E-state index in [-0.39, 0.29) is 5.97 Å². The van der Waals surface area contributed by atoms with Gasteiger partial charge in [-0.05, 0) is 12.1 Å². The maximum absolute atomic E-state index is 12.0. The van der Waals surface area contributed by atoms with Crippen LogP contribution in [0.25, 0.3) is 0 Å². The van der Waals surface area contributed by atoms with Gasteiger partial charge in [0, 0.05) is 19.6 Å². The van der Waals surface area contributed by atoms with Crippen LogP contribution in [0.2, 0.25) is 0 Å². The van der Waals surface area contributed by atoms with Gasteiger partial charge in [-0.25, -0.2) is 4.79 Å². The van der Waals surface area contributed by atoms with Gasteiger partial charge in [0.2, 0.25) is 0 Å². The molecule has 146 valence electrons. The van der Waals surface area contributed by atoms with Crippen molar-refractivity contribution in [1.82, 2.24) is 4.90 Å². The van der Waals surface area contributed by atoms with Crippen LogP contribution in [-0.4, -0.2) is 90.0 Å². The lowest BCUT2D eigenvalue weighted by molar-refractivity contribution is 0.00206. The van der Waals surface area contributed by atoms with Gasteiger partial charge in [0.05, 0.1) is 58.4 Å². The highest BCUT2D eigenvalue weighted by Crippen LogP contribution is 2.01. The first-order chi connectivity index (χ1) is 12.9. The average molecular weight is 367 g/mol. The van der Waals surface area contributed by atoms with Crippen molar-refractivity contribution in [3.8, 4) is 0 Å². The highest BCUT2D eigenvalue weighted by molar-refractivity contribution is 5.89. The van der Waals surface area contributed by atoms with E-state index >= 15 is 0 Å². The Kier molecular flexibility index (Phi) is 10.9. The minimum Gasteiger partial charge on any atom is -0.461 e. The molecule has 0 amide bonds. The summed E-state index contributed by atoms with van der Waals surface area (Å²) in [6.07, 6.45) is 0. The quantitative estimate of drug-likeness (QED) is 0.742. The van der Waals surface area contributed by atoms with E-state index in [1.54, 1.807) is 12.1 Å². The first-order valence-corrected chi connectivity index (χ1v) is 9.12. The fourth-order valence-electron chi connectivity index (χ4n) is 2.41. The molecule has 1 aromatic rings. The van der Waals surface area contributed by atoms with E-state index < -0.39 is 0 Å². The molecule has 1 aromatic carbocycles. The zero-order valence-corrected chi connectivity index (χ0v) is 15.3. The Bertz CT molecular complexity index is 468.